The van der Waals surface area contributed by atoms with Crippen molar-refractivity contribution in [1.82, 2.24) is 4.98 Å². The van der Waals surface area contributed by atoms with Crippen LogP contribution in [0.25, 0.3) is 0 Å². The summed E-state index contributed by atoms with van der Waals surface area (Å²) in [6.07, 6.45) is 0. The van der Waals surface area contributed by atoms with E-state index in [1.807, 2.05) is 18.2 Å². The zero-order chi connectivity index (χ0) is 13.8. The van der Waals surface area contributed by atoms with Crippen molar-refractivity contribution in [3.05, 3.63) is 53.2 Å². The number of hydrogen-bond donors (Lipinski definition) is 0. The average molecular weight is 252 g/mol. The Balaban J connectivity index is 2.24. The minimum Gasteiger partial charge on any atom is -0.439 e. The molecule has 0 N–H and O–H groups in total. The zero-order valence-corrected chi connectivity index (χ0v) is 11.3. The minimum atomic E-state index is 0.355. The van der Waals surface area contributed by atoms with Gasteiger partial charge < -0.3 is 4.74 Å². The quantitative estimate of drug-likeness (QED) is 0.823. The second kappa shape index (κ2) is 5.53. The van der Waals surface area contributed by atoms with Gasteiger partial charge in [0.2, 0.25) is 5.88 Å². The molecular weight excluding hydrogens is 236 g/mol. The fraction of sp³-hybridized carbons (Fsp3) is 0.250. The molecule has 0 aliphatic heterocycles. The fourth-order valence-electron chi connectivity index (χ4n) is 2.01. The SMILES string of the molecule is Cc1cc(Oc2cccc(C#N)n2)ccc1C(C)C. The number of aryl methyl sites for hydroxylation is 1. The summed E-state index contributed by atoms with van der Waals surface area (Å²) in [5, 5.41) is 8.80. The first-order valence-electron chi connectivity index (χ1n) is 6.25. The van der Waals surface area contributed by atoms with Crippen molar-refractivity contribution in [1.29, 1.82) is 5.26 Å². The van der Waals surface area contributed by atoms with Gasteiger partial charge in [-0.1, -0.05) is 26.0 Å². The number of rotatable bonds is 3. The standard InChI is InChI=1S/C16H16N2O/c1-11(2)15-8-7-14(9-12(15)3)19-16-6-4-5-13(10-17)18-16/h4-9,11H,1-3H3. The zero-order valence-electron chi connectivity index (χ0n) is 11.3. The van der Waals surface area contributed by atoms with Crippen LogP contribution in [0.4, 0.5) is 0 Å². The summed E-state index contributed by atoms with van der Waals surface area (Å²) in [5.74, 6) is 1.68. The first-order chi connectivity index (χ1) is 9.10. The highest BCUT2D eigenvalue weighted by molar-refractivity contribution is 5.38. The highest BCUT2D eigenvalue weighted by Crippen LogP contribution is 2.26. The van der Waals surface area contributed by atoms with E-state index in [-0.39, 0.29) is 0 Å². The Morgan fingerprint density at radius 3 is 2.63 bits per heavy atom. The maximum Gasteiger partial charge on any atom is 0.220 e. The van der Waals surface area contributed by atoms with Crippen LogP contribution in [0.3, 0.4) is 0 Å². The predicted octanol–water partition coefficient (Wildman–Crippen LogP) is 4.18. The van der Waals surface area contributed by atoms with Crippen LogP contribution in [0.15, 0.2) is 36.4 Å². The molecule has 2 aromatic rings. The predicted molar refractivity (Wildman–Crippen MR) is 74.3 cm³/mol. The maximum absolute atomic E-state index is 8.80. The average Bonchev–Trinajstić information content (AvgIpc) is 2.38. The number of hydrogen-bond acceptors (Lipinski definition) is 3. The summed E-state index contributed by atoms with van der Waals surface area (Å²) >= 11 is 0. The molecule has 3 heteroatoms. The normalized spacial score (nSPS) is 10.3. The molecule has 0 unspecified atom stereocenters. The van der Waals surface area contributed by atoms with Gasteiger partial charge in [0.25, 0.3) is 0 Å². The Morgan fingerprint density at radius 1 is 1.21 bits per heavy atom. The fourth-order valence-corrected chi connectivity index (χ4v) is 2.01. The lowest BCUT2D eigenvalue weighted by Crippen LogP contribution is -1.94. The van der Waals surface area contributed by atoms with Crippen LogP contribution in [-0.4, -0.2) is 4.98 Å². The van der Waals surface area contributed by atoms with Crippen molar-refractivity contribution in [3.63, 3.8) is 0 Å². The first kappa shape index (κ1) is 13.1. The third-order valence-corrected chi connectivity index (χ3v) is 2.92. The van der Waals surface area contributed by atoms with Crippen LogP contribution in [0.1, 0.15) is 36.6 Å². The molecule has 0 saturated carbocycles. The van der Waals surface area contributed by atoms with Crippen LogP contribution in [0.2, 0.25) is 0 Å². The van der Waals surface area contributed by atoms with E-state index in [9.17, 15) is 0 Å². The Morgan fingerprint density at radius 2 is 2.00 bits per heavy atom. The summed E-state index contributed by atoms with van der Waals surface area (Å²) in [6, 6.07) is 13.2. The van der Waals surface area contributed by atoms with E-state index < -0.39 is 0 Å². The molecule has 0 amide bonds. The lowest BCUT2D eigenvalue weighted by molar-refractivity contribution is 0.461. The van der Waals surface area contributed by atoms with Crippen molar-refractivity contribution in [3.8, 4) is 17.7 Å². The lowest BCUT2D eigenvalue weighted by Gasteiger charge is -2.11. The summed E-state index contributed by atoms with van der Waals surface area (Å²) in [5.41, 5.74) is 2.86. The Bertz CT molecular complexity index is 627. The molecule has 19 heavy (non-hydrogen) atoms. The van der Waals surface area contributed by atoms with Gasteiger partial charge in [-0.25, -0.2) is 4.98 Å². The van der Waals surface area contributed by atoms with Crippen molar-refractivity contribution in [2.45, 2.75) is 26.7 Å². The van der Waals surface area contributed by atoms with Gasteiger partial charge in [-0.15, -0.1) is 0 Å². The number of pyridine rings is 1. The van der Waals surface area contributed by atoms with E-state index in [2.05, 4.69) is 31.8 Å². The van der Waals surface area contributed by atoms with Gasteiger partial charge in [-0.2, -0.15) is 5.26 Å². The van der Waals surface area contributed by atoms with Crippen LogP contribution >= 0.6 is 0 Å². The van der Waals surface area contributed by atoms with Crippen molar-refractivity contribution < 1.29 is 4.74 Å². The van der Waals surface area contributed by atoms with E-state index in [0.717, 1.165) is 5.75 Å². The molecule has 1 heterocycles. The molecule has 0 saturated heterocycles. The molecule has 96 valence electrons. The largest absolute Gasteiger partial charge is 0.439 e. The lowest BCUT2D eigenvalue weighted by atomic mass is 9.98. The highest BCUT2D eigenvalue weighted by atomic mass is 16.5. The van der Waals surface area contributed by atoms with Crippen LogP contribution in [0.5, 0.6) is 11.6 Å². The number of nitrogens with zero attached hydrogens (tertiary/aromatic N) is 2. The van der Waals surface area contributed by atoms with E-state index in [0.29, 0.717) is 17.5 Å². The van der Waals surface area contributed by atoms with Gasteiger partial charge in [0.15, 0.2) is 0 Å². The molecule has 1 aromatic carbocycles. The summed E-state index contributed by atoms with van der Waals surface area (Å²) in [4.78, 5) is 4.09. The van der Waals surface area contributed by atoms with Gasteiger partial charge in [-0.3, -0.25) is 0 Å². The summed E-state index contributed by atoms with van der Waals surface area (Å²) in [7, 11) is 0. The summed E-state index contributed by atoms with van der Waals surface area (Å²) < 4.78 is 5.67. The molecule has 1 aromatic heterocycles. The van der Waals surface area contributed by atoms with Gasteiger partial charge >= 0.3 is 0 Å². The van der Waals surface area contributed by atoms with Gasteiger partial charge in [0.05, 0.1) is 0 Å². The summed E-state index contributed by atoms with van der Waals surface area (Å²) in [6.45, 7) is 6.41. The van der Waals surface area contributed by atoms with Gasteiger partial charge in [-0.05, 0) is 42.2 Å². The molecule has 0 aliphatic carbocycles. The van der Waals surface area contributed by atoms with Crippen molar-refractivity contribution in [2.24, 2.45) is 0 Å². The number of aromatic nitrogens is 1. The van der Waals surface area contributed by atoms with Gasteiger partial charge in [0, 0.05) is 6.07 Å². The molecule has 0 fully saturated rings. The maximum atomic E-state index is 8.80. The second-order valence-corrected chi connectivity index (χ2v) is 4.75. The Labute approximate surface area is 113 Å². The molecular formula is C16H16N2O. The highest BCUT2D eigenvalue weighted by Gasteiger charge is 2.06. The minimum absolute atomic E-state index is 0.355. The van der Waals surface area contributed by atoms with Crippen LogP contribution < -0.4 is 4.74 Å². The molecule has 0 spiro atoms. The Hall–Kier alpha value is -2.34. The van der Waals surface area contributed by atoms with Crippen molar-refractivity contribution in [2.75, 3.05) is 0 Å². The monoisotopic (exact) mass is 252 g/mol. The van der Waals surface area contributed by atoms with E-state index in [1.54, 1.807) is 18.2 Å². The molecule has 0 atom stereocenters. The molecule has 0 bridgehead atoms. The van der Waals surface area contributed by atoms with Gasteiger partial charge in [0.1, 0.15) is 17.5 Å². The molecule has 0 aliphatic rings. The Kier molecular flexibility index (Phi) is 3.82. The third kappa shape index (κ3) is 3.11. The van der Waals surface area contributed by atoms with E-state index >= 15 is 0 Å². The van der Waals surface area contributed by atoms with Crippen LogP contribution in [-0.2, 0) is 0 Å². The van der Waals surface area contributed by atoms with E-state index in [1.165, 1.54) is 11.1 Å². The second-order valence-electron chi connectivity index (χ2n) is 4.75. The number of ether oxygens (including phenoxy) is 1. The third-order valence-electron chi connectivity index (χ3n) is 2.92. The van der Waals surface area contributed by atoms with Crippen molar-refractivity contribution >= 4 is 0 Å². The smallest absolute Gasteiger partial charge is 0.220 e. The first-order valence-corrected chi connectivity index (χ1v) is 6.25. The number of nitriles is 1. The molecule has 2 rings (SSSR count). The van der Waals surface area contributed by atoms with E-state index in [4.69, 9.17) is 10.00 Å². The molecule has 3 nitrogen and oxygen atoms in total. The number of benzene rings is 1. The topological polar surface area (TPSA) is 45.9 Å². The van der Waals surface area contributed by atoms with Crippen LogP contribution in [0, 0.1) is 18.3 Å². The molecule has 0 radical (unpaired) electrons.